The van der Waals surface area contributed by atoms with E-state index in [1.807, 2.05) is 19.0 Å². The summed E-state index contributed by atoms with van der Waals surface area (Å²) in [6.45, 7) is 4.50. The second-order valence-corrected chi connectivity index (χ2v) is 5.48. The third-order valence-electron chi connectivity index (χ3n) is 3.23. The number of nitrogens with zero attached hydrogens (tertiary/aromatic N) is 2. The van der Waals surface area contributed by atoms with E-state index < -0.39 is 5.41 Å². The Balaban J connectivity index is 2.64. The third kappa shape index (κ3) is 3.39. The molecule has 0 spiro atoms. The van der Waals surface area contributed by atoms with Crippen LogP contribution in [0.25, 0.3) is 0 Å². The summed E-state index contributed by atoms with van der Waals surface area (Å²) in [5.74, 6) is 0.133. The zero-order valence-corrected chi connectivity index (χ0v) is 11.8. The van der Waals surface area contributed by atoms with E-state index in [4.69, 9.17) is 18.0 Å². The standard InChI is InChI=1S/C12H23N3OS/c1-4-7-15(9-8-14(2)3)11(16)12(5-6-12)10(13)17/h4-9H2,1-3H3,(H2,13,17). The summed E-state index contributed by atoms with van der Waals surface area (Å²) in [6, 6.07) is 0. The largest absolute Gasteiger partial charge is 0.392 e. The molecular formula is C12H23N3OS. The third-order valence-corrected chi connectivity index (χ3v) is 3.62. The number of hydrogen-bond donors (Lipinski definition) is 1. The molecule has 0 radical (unpaired) electrons. The topological polar surface area (TPSA) is 49.6 Å². The molecule has 1 fully saturated rings. The minimum atomic E-state index is -0.503. The van der Waals surface area contributed by atoms with Crippen molar-refractivity contribution in [2.75, 3.05) is 33.7 Å². The lowest BCUT2D eigenvalue weighted by Crippen LogP contribution is -2.45. The van der Waals surface area contributed by atoms with Crippen molar-refractivity contribution in [1.29, 1.82) is 0 Å². The molecule has 1 rings (SSSR count). The fourth-order valence-corrected chi connectivity index (χ4v) is 2.19. The molecule has 4 nitrogen and oxygen atoms in total. The van der Waals surface area contributed by atoms with Crippen LogP contribution in [-0.4, -0.2) is 54.4 Å². The summed E-state index contributed by atoms with van der Waals surface area (Å²) in [5.41, 5.74) is 5.19. The highest BCUT2D eigenvalue weighted by atomic mass is 32.1. The number of likely N-dealkylation sites (N-methyl/N-ethyl adjacent to an activating group) is 1. The van der Waals surface area contributed by atoms with Crippen molar-refractivity contribution in [3.63, 3.8) is 0 Å². The van der Waals surface area contributed by atoms with E-state index in [1.54, 1.807) is 0 Å². The highest BCUT2D eigenvalue weighted by Gasteiger charge is 2.54. The van der Waals surface area contributed by atoms with Gasteiger partial charge in [-0.25, -0.2) is 0 Å². The lowest BCUT2D eigenvalue weighted by atomic mass is 10.1. The molecule has 0 aliphatic heterocycles. The molecule has 0 aromatic heterocycles. The minimum absolute atomic E-state index is 0.133. The molecule has 1 aliphatic carbocycles. The van der Waals surface area contributed by atoms with Crippen molar-refractivity contribution < 1.29 is 4.79 Å². The molecule has 1 aliphatic rings. The lowest BCUT2D eigenvalue weighted by molar-refractivity contribution is -0.134. The van der Waals surface area contributed by atoms with Gasteiger partial charge in [-0.1, -0.05) is 19.1 Å². The molecular weight excluding hydrogens is 234 g/mol. The first-order chi connectivity index (χ1) is 7.94. The minimum Gasteiger partial charge on any atom is -0.392 e. The number of amides is 1. The van der Waals surface area contributed by atoms with Crippen LogP contribution in [0.2, 0.25) is 0 Å². The second-order valence-electron chi connectivity index (χ2n) is 5.04. The fourth-order valence-electron chi connectivity index (χ4n) is 1.90. The van der Waals surface area contributed by atoms with Gasteiger partial charge >= 0.3 is 0 Å². The van der Waals surface area contributed by atoms with E-state index in [0.29, 0.717) is 4.99 Å². The number of carbonyl (C=O) groups is 1. The monoisotopic (exact) mass is 257 g/mol. The van der Waals surface area contributed by atoms with Crippen molar-refractivity contribution in [3.05, 3.63) is 0 Å². The first kappa shape index (κ1) is 14.4. The van der Waals surface area contributed by atoms with Gasteiger partial charge in [-0.05, 0) is 33.4 Å². The Morgan fingerprint density at radius 3 is 2.24 bits per heavy atom. The van der Waals surface area contributed by atoms with Crippen LogP contribution < -0.4 is 5.73 Å². The average molecular weight is 257 g/mol. The molecule has 17 heavy (non-hydrogen) atoms. The summed E-state index contributed by atoms with van der Waals surface area (Å²) in [5, 5.41) is 0. The SMILES string of the molecule is CCCN(CCN(C)C)C(=O)C1(C(N)=S)CC1. The zero-order valence-electron chi connectivity index (χ0n) is 11.0. The highest BCUT2D eigenvalue weighted by Crippen LogP contribution is 2.47. The van der Waals surface area contributed by atoms with E-state index in [0.717, 1.165) is 38.9 Å². The number of nitrogens with two attached hydrogens (primary N) is 1. The molecule has 98 valence electrons. The summed E-state index contributed by atoms with van der Waals surface area (Å²) in [4.78, 5) is 16.8. The molecule has 0 aromatic carbocycles. The van der Waals surface area contributed by atoms with Crippen molar-refractivity contribution in [1.82, 2.24) is 9.80 Å². The predicted molar refractivity (Wildman–Crippen MR) is 73.9 cm³/mol. The first-order valence-corrected chi connectivity index (χ1v) is 6.59. The second kappa shape index (κ2) is 5.78. The van der Waals surface area contributed by atoms with Crippen LogP contribution in [0.4, 0.5) is 0 Å². The van der Waals surface area contributed by atoms with Crippen molar-refractivity contribution in [3.8, 4) is 0 Å². The summed E-state index contributed by atoms with van der Waals surface area (Å²) in [6.07, 6.45) is 2.61. The molecule has 0 unspecified atom stereocenters. The van der Waals surface area contributed by atoms with Crippen LogP contribution in [0.15, 0.2) is 0 Å². The Labute approximate surface area is 109 Å². The van der Waals surface area contributed by atoms with E-state index in [2.05, 4.69) is 11.8 Å². The Bertz CT molecular complexity index is 300. The maximum absolute atomic E-state index is 12.4. The first-order valence-electron chi connectivity index (χ1n) is 6.18. The lowest BCUT2D eigenvalue weighted by Gasteiger charge is -2.27. The van der Waals surface area contributed by atoms with Crippen molar-refractivity contribution >= 4 is 23.1 Å². The van der Waals surface area contributed by atoms with Gasteiger partial charge in [-0.2, -0.15) is 0 Å². The van der Waals surface area contributed by atoms with Crippen molar-refractivity contribution in [2.45, 2.75) is 26.2 Å². The van der Waals surface area contributed by atoms with Crippen molar-refractivity contribution in [2.24, 2.45) is 11.1 Å². The molecule has 0 heterocycles. The fraction of sp³-hybridized carbons (Fsp3) is 0.833. The van der Waals surface area contributed by atoms with Gasteiger partial charge in [0.25, 0.3) is 0 Å². The van der Waals surface area contributed by atoms with Crippen LogP contribution in [0.1, 0.15) is 26.2 Å². The molecule has 0 aromatic rings. The van der Waals surface area contributed by atoms with Gasteiger partial charge in [-0.3, -0.25) is 4.79 Å². The Morgan fingerprint density at radius 2 is 1.88 bits per heavy atom. The zero-order chi connectivity index (χ0) is 13.1. The molecule has 0 bridgehead atoms. The summed E-state index contributed by atoms with van der Waals surface area (Å²) < 4.78 is 0. The van der Waals surface area contributed by atoms with E-state index in [-0.39, 0.29) is 5.91 Å². The normalized spacial score (nSPS) is 16.9. The van der Waals surface area contributed by atoms with Crippen LogP contribution in [0, 0.1) is 5.41 Å². The van der Waals surface area contributed by atoms with Gasteiger partial charge in [0.15, 0.2) is 0 Å². The average Bonchev–Trinajstić information content (AvgIpc) is 3.04. The molecule has 1 amide bonds. The Hall–Kier alpha value is -0.680. The van der Waals surface area contributed by atoms with Crippen LogP contribution in [0.5, 0.6) is 0 Å². The Kier molecular flexibility index (Phi) is 4.89. The number of rotatable bonds is 7. The van der Waals surface area contributed by atoms with Gasteiger partial charge in [0, 0.05) is 19.6 Å². The molecule has 5 heteroatoms. The molecule has 0 saturated heterocycles. The number of carbonyl (C=O) groups excluding carboxylic acids is 1. The van der Waals surface area contributed by atoms with Gasteiger partial charge in [0.05, 0.1) is 10.4 Å². The quantitative estimate of drug-likeness (QED) is 0.687. The molecule has 1 saturated carbocycles. The van der Waals surface area contributed by atoms with Gasteiger partial charge < -0.3 is 15.5 Å². The smallest absolute Gasteiger partial charge is 0.235 e. The van der Waals surface area contributed by atoms with E-state index in [1.165, 1.54) is 0 Å². The molecule has 0 atom stereocenters. The molecule has 2 N–H and O–H groups in total. The van der Waals surface area contributed by atoms with Gasteiger partial charge in [0.2, 0.25) is 5.91 Å². The van der Waals surface area contributed by atoms with Gasteiger partial charge in [-0.15, -0.1) is 0 Å². The Morgan fingerprint density at radius 1 is 1.29 bits per heavy atom. The van der Waals surface area contributed by atoms with Crippen LogP contribution >= 0.6 is 12.2 Å². The highest BCUT2D eigenvalue weighted by molar-refractivity contribution is 7.80. The van der Waals surface area contributed by atoms with E-state index >= 15 is 0 Å². The van der Waals surface area contributed by atoms with Gasteiger partial charge in [0.1, 0.15) is 0 Å². The van der Waals surface area contributed by atoms with E-state index in [9.17, 15) is 4.79 Å². The summed E-state index contributed by atoms with van der Waals surface area (Å²) >= 11 is 5.03. The van der Waals surface area contributed by atoms with Crippen LogP contribution in [0.3, 0.4) is 0 Å². The van der Waals surface area contributed by atoms with Crippen LogP contribution in [-0.2, 0) is 4.79 Å². The number of hydrogen-bond acceptors (Lipinski definition) is 3. The predicted octanol–water partition coefficient (Wildman–Crippen LogP) is 0.853. The maximum Gasteiger partial charge on any atom is 0.235 e. The maximum atomic E-state index is 12.4. The number of thiocarbonyl (C=S) groups is 1. The summed E-state index contributed by atoms with van der Waals surface area (Å²) in [7, 11) is 4.02.